The zero-order valence-corrected chi connectivity index (χ0v) is 21.7. The summed E-state index contributed by atoms with van der Waals surface area (Å²) in [7, 11) is -2.09. The van der Waals surface area contributed by atoms with Gasteiger partial charge in [0.15, 0.2) is 0 Å². The molecule has 1 atom stereocenters. The van der Waals surface area contributed by atoms with E-state index in [1.807, 2.05) is 24.3 Å². The number of benzene rings is 3. The van der Waals surface area contributed by atoms with Gasteiger partial charge in [-0.25, -0.2) is 17.8 Å². The van der Waals surface area contributed by atoms with Crippen molar-refractivity contribution < 1.29 is 22.4 Å². The first-order valence-electron chi connectivity index (χ1n) is 12.0. The number of nitrogens with one attached hydrogen (secondary N) is 2. The van der Waals surface area contributed by atoms with Crippen molar-refractivity contribution in [2.75, 3.05) is 7.11 Å². The average Bonchev–Trinajstić information content (AvgIpc) is 3.68. The number of hydrogen-bond acceptors (Lipinski definition) is 7. The van der Waals surface area contributed by atoms with Crippen molar-refractivity contribution in [3.63, 3.8) is 0 Å². The van der Waals surface area contributed by atoms with E-state index in [4.69, 9.17) is 9.15 Å². The fraction of sp³-hybridized carbons (Fsp3) is 0.107. The third kappa shape index (κ3) is 6.06. The van der Waals surface area contributed by atoms with Gasteiger partial charge >= 0.3 is 0 Å². The predicted molar refractivity (Wildman–Crippen MR) is 143 cm³/mol. The van der Waals surface area contributed by atoms with Crippen molar-refractivity contribution in [1.82, 2.24) is 25.0 Å². The maximum atomic E-state index is 13.3. The second-order valence-corrected chi connectivity index (χ2v) is 10.3. The van der Waals surface area contributed by atoms with Crippen LogP contribution in [0.1, 0.15) is 33.4 Å². The maximum absolute atomic E-state index is 13.3. The number of carbonyl (C=O) groups is 1. The highest BCUT2D eigenvalue weighted by Gasteiger charge is 2.21. The van der Waals surface area contributed by atoms with E-state index < -0.39 is 16.1 Å². The molecule has 0 aliphatic heterocycles. The van der Waals surface area contributed by atoms with Crippen LogP contribution in [-0.2, 0) is 16.6 Å². The monoisotopic (exact) mass is 543 g/mol. The molecule has 0 radical (unpaired) electrons. The Labute approximate surface area is 225 Å². The smallest absolute Gasteiger partial charge is 0.252 e. The molecule has 1 amide bonds. The lowest BCUT2D eigenvalue weighted by atomic mass is 10.0. The molecule has 2 heterocycles. The Hall–Kier alpha value is -4.74. The lowest BCUT2D eigenvalue weighted by molar-refractivity contribution is 0.0939. The van der Waals surface area contributed by atoms with Gasteiger partial charge in [-0.15, -0.1) is 5.10 Å². The Kier molecular flexibility index (Phi) is 7.53. The van der Waals surface area contributed by atoms with Gasteiger partial charge in [0.1, 0.15) is 17.6 Å². The van der Waals surface area contributed by atoms with Gasteiger partial charge in [-0.3, -0.25) is 4.79 Å². The lowest BCUT2D eigenvalue weighted by Gasteiger charge is -2.18. The van der Waals surface area contributed by atoms with Gasteiger partial charge in [0.25, 0.3) is 5.91 Å². The van der Waals surface area contributed by atoms with Crippen LogP contribution in [0.15, 0.2) is 113 Å². The minimum Gasteiger partial charge on any atom is -0.497 e. The fourth-order valence-electron chi connectivity index (χ4n) is 3.93. The Bertz CT molecular complexity index is 1650. The van der Waals surface area contributed by atoms with Crippen LogP contribution in [0.5, 0.6) is 5.75 Å². The molecule has 10 nitrogen and oxygen atoms in total. The van der Waals surface area contributed by atoms with Crippen molar-refractivity contribution >= 4 is 15.9 Å². The molecule has 198 valence electrons. The summed E-state index contributed by atoms with van der Waals surface area (Å²) >= 11 is 0. The normalized spacial score (nSPS) is 12.1. The third-order valence-electron chi connectivity index (χ3n) is 5.96. The van der Waals surface area contributed by atoms with Crippen LogP contribution in [0.2, 0.25) is 0 Å². The Morgan fingerprint density at radius 3 is 2.51 bits per heavy atom. The number of rotatable bonds is 10. The first kappa shape index (κ1) is 25.9. The molecule has 0 fully saturated rings. The standard InChI is InChI=1S/C28H25N5O5S/c1-37-24-14-12-20(13-15-24)27(26-11-6-16-38-26)30-28(34)21-7-5-8-23(17-21)33-19-22(31-32-33)18-29-39(35,36)25-9-3-2-4-10-25/h2-17,19,27,29H,18H2,1H3,(H,30,34). The molecule has 3 aromatic carbocycles. The Morgan fingerprint density at radius 1 is 1.00 bits per heavy atom. The van der Waals surface area contributed by atoms with E-state index in [1.165, 1.54) is 16.8 Å². The molecule has 0 saturated heterocycles. The summed E-state index contributed by atoms with van der Waals surface area (Å²) in [6.07, 6.45) is 3.16. The van der Waals surface area contributed by atoms with E-state index in [1.54, 1.807) is 74.2 Å². The zero-order chi connectivity index (χ0) is 27.2. The molecule has 1 unspecified atom stereocenters. The largest absolute Gasteiger partial charge is 0.497 e. The van der Waals surface area contributed by atoms with Gasteiger partial charge in [-0.2, -0.15) is 0 Å². The summed E-state index contributed by atoms with van der Waals surface area (Å²) in [5.74, 6) is 0.976. The molecule has 5 rings (SSSR count). The first-order valence-corrected chi connectivity index (χ1v) is 13.5. The molecule has 39 heavy (non-hydrogen) atoms. The number of sulfonamides is 1. The third-order valence-corrected chi connectivity index (χ3v) is 7.38. The van der Waals surface area contributed by atoms with Crippen LogP contribution in [0.3, 0.4) is 0 Å². The van der Waals surface area contributed by atoms with Crippen LogP contribution in [-0.4, -0.2) is 36.4 Å². The molecule has 0 saturated carbocycles. The van der Waals surface area contributed by atoms with Crippen molar-refractivity contribution in [3.05, 3.63) is 126 Å². The van der Waals surface area contributed by atoms with Crippen LogP contribution in [0.4, 0.5) is 0 Å². The highest BCUT2D eigenvalue weighted by Crippen LogP contribution is 2.25. The number of hydrogen-bond donors (Lipinski definition) is 2. The second-order valence-electron chi connectivity index (χ2n) is 8.54. The molecule has 0 aliphatic rings. The van der Waals surface area contributed by atoms with E-state index in [-0.39, 0.29) is 17.3 Å². The molecule has 2 N–H and O–H groups in total. The minimum absolute atomic E-state index is 0.0376. The van der Waals surface area contributed by atoms with E-state index in [9.17, 15) is 13.2 Å². The summed E-state index contributed by atoms with van der Waals surface area (Å²) in [4.78, 5) is 13.4. The quantitative estimate of drug-likeness (QED) is 0.274. The molecular weight excluding hydrogens is 518 g/mol. The summed E-state index contributed by atoms with van der Waals surface area (Å²) < 4.78 is 39.8. The predicted octanol–water partition coefficient (Wildman–Crippen LogP) is 3.87. The van der Waals surface area contributed by atoms with E-state index >= 15 is 0 Å². The summed E-state index contributed by atoms with van der Waals surface area (Å²) in [5.41, 5.74) is 2.24. The highest BCUT2D eigenvalue weighted by atomic mass is 32.2. The number of ether oxygens (including phenoxy) is 1. The van der Waals surface area contributed by atoms with Gasteiger partial charge in [0, 0.05) is 5.56 Å². The topological polar surface area (TPSA) is 128 Å². The first-order chi connectivity index (χ1) is 18.9. The van der Waals surface area contributed by atoms with Crippen LogP contribution in [0, 0.1) is 0 Å². The second kappa shape index (κ2) is 11.3. The SMILES string of the molecule is COc1ccc(C(NC(=O)c2cccc(-n3cc(CNS(=O)(=O)c4ccccc4)nn3)c2)c2ccco2)cc1. The Balaban J connectivity index is 1.31. The minimum atomic E-state index is -3.68. The molecule has 2 aromatic heterocycles. The molecule has 5 aromatic rings. The van der Waals surface area contributed by atoms with Gasteiger partial charge in [-0.05, 0) is 60.2 Å². The van der Waals surface area contributed by atoms with Crippen molar-refractivity contribution in [3.8, 4) is 11.4 Å². The van der Waals surface area contributed by atoms with E-state index in [0.717, 1.165) is 5.56 Å². The summed E-state index contributed by atoms with van der Waals surface area (Å²) in [6, 6.07) is 25.4. The molecule has 0 aliphatic carbocycles. The Morgan fingerprint density at radius 2 is 1.79 bits per heavy atom. The average molecular weight is 544 g/mol. The number of nitrogens with zero attached hydrogens (tertiary/aromatic N) is 3. The summed E-state index contributed by atoms with van der Waals surface area (Å²) in [6.45, 7) is -0.0376. The number of furan rings is 1. The number of amides is 1. The molecule has 0 spiro atoms. The highest BCUT2D eigenvalue weighted by molar-refractivity contribution is 7.89. The van der Waals surface area contributed by atoms with E-state index in [0.29, 0.717) is 28.5 Å². The van der Waals surface area contributed by atoms with E-state index in [2.05, 4.69) is 20.4 Å². The van der Waals surface area contributed by atoms with Crippen molar-refractivity contribution in [2.24, 2.45) is 0 Å². The fourth-order valence-corrected chi connectivity index (χ4v) is 4.95. The van der Waals surface area contributed by atoms with Gasteiger partial charge < -0.3 is 14.5 Å². The van der Waals surface area contributed by atoms with Gasteiger partial charge in [-0.1, -0.05) is 41.6 Å². The molecule has 0 bridgehead atoms. The van der Waals surface area contributed by atoms with Crippen molar-refractivity contribution in [2.45, 2.75) is 17.5 Å². The summed E-state index contributed by atoms with van der Waals surface area (Å²) in [5, 5.41) is 11.2. The van der Waals surface area contributed by atoms with Crippen molar-refractivity contribution in [1.29, 1.82) is 0 Å². The van der Waals surface area contributed by atoms with Gasteiger partial charge in [0.05, 0.1) is 42.4 Å². The van der Waals surface area contributed by atoms with Crippen LogP contribution in [0.25, 0.3) is 5.69 Å². The molecule has 11 heteroatoms. The van der Waals surface area contributed by atoms with Gasteiger partial charge in [0.2, 0.25) is 10.0 Å². The maximum Gasteiger partial charge on any atom is 0.252 e. The lowest BCUT2D eigenvalue weighted by Crippen LogP contribution is -2.29. The molecular formula is C28H25N5O5S. The number of carbonyl (C=O) groups excluding carboxylic acids is 1. The zero-order valence-electron chi connectivity index (χ0n) is 20.9. The number of aromatic nitrogens is 3. The number of methoxy groups -OCH3 is 1. The van der Waals surface area contributed by atoms with Crippen LogP contribution < -0.4 is 14.8 Å². The van der Waals surface area contributed by atoms with Crippen LogP contribution >= 0.6 is 0 Å².